The Morgan fingerprint density at radius 2 is 2.00 bits per heavy atom. The number of carbonyl (C=O) groups excluding carboxylic acids is 1. The van der Waals surface area contributed by atoms with Gasteiger partial charge in [0.25, 0.3) is 0 Å². The van der Waals surface area contributed by atoms with E-state index in [4.69, 9.17) is 20.2 Å². The van der Waals surface area contributed by atoms with Crippen LogP contribution in [0.2, 0.25) is 0 Å². The Morgan fingerprint density at radius 1 is 1.19 bits per heavy atom. The van der Waals surface area contributed by atoms with Crippen molar-refractivity contribution in [3.8, 4) is 17.0 Å². The molecule has 0 aliphatic heterocycles. The fourth-order valence-electron chi connectivity index (χ4n) is 3.19. The lowest BCUT2D eigenvalue weighted by Gasteiger charge is -2.13. The van der Waals surface area contributed by atoms with E-state index in [-0.39, 0.29) is 12.1 Å². The molecule has 0 saturated carbocycles. The van der Waals surface area contributed by atoms with Gasteiger partial charge in [-0.3, -0.25) is 10.1 Å². The highest BCUT2D eigenvalue weighted by atomic mass is 16.5. The topological polar surface area (TPSA) is 98.8 Å². The number of carbonyl (C=O) groups is 1. The molecule has 0 spiro atoms. The molecule has 3 aromatic rings. The molecule has 1 heterocycles. The van der Waals surface area contributed by atoms with Crippen LogP contribution in [-0.4, -0.2) is 36.7 Å². The zero-order chi connectivity index (χ0) is 22.2. The van der Waals surface area contributed by atoms with Gasteiger partial charge in [-0.15, -0.1) is 0 Å². The molecule has 0 aliphatic carbocycles. The molecule has 7 nitrogen and oxygen atoms in total. The van der Waals surface area contributed by atoms with E-state index in [1.54, 1.807) is 0 Å². The van der Waals surface area contributed by atoms with Crippen molar-refractivity contribution in [3.05, 3.63) is 54.1 Å². The fourth-order valence-corrected chi connectivity index (χ4v) is 3.19. The van der Waals surface area contributed by atoms with Gasteiger partial charge in [-0.05, 0) is 38.5 Å². The number of aliphatic imine (C=N–C) groups is 1. The summed E-state index contributed by atoms with van der Waals surface area (Å²) < 4.78 is 11.6. The van der Waals surface area contributed by atoms with E-state index in [0.29, 0.717) is 36.6 Å². The number of aryl methyl sites for hydroxylation is 1. The molecule has 7 heteroatoms. The molecule has 0 fully saturated rings. The van der Waals surface area contributed by atoms with E-state index in [2.05, 4.69) is 10.3 Å². The summed E-state index contributed by atoms with van der Waals surface area (Å²) >= 11 is 0. The van der Waals surface area contributed by atoms with Gasteiger partial charge in [-0.25, -0.2) is 9.98 Å². The van der Waals surface area contributed by atoms with Crippen LogP contribution in [0.4, 0.5) is 5.69 Å². The zero-order valence-electron chi connectivity index (χ0n) is 18.1. The summed E-state index contributed by atoms with van der Waals surface area (Å²) in [5, 5.41) is 3.16. The van der Waals surface area contributed by atoms with Crippen molar-refractivity contribution in [2.45, 2.75) is 33.3 Å². The molecule has 0 bridgehead atoms. The Morgan fingerprint density at radius 3 is 2.74 bits per heavy atom. The third-order valence-electron chi connectivity index (χ3n) is 4.65. The van der Waals surface area contributed by atoms with Gasteiger partial charge in [0.15, 0.2) is 5.96 Å². The SMILES string of the molecule is Cc1ccccc1-c1cc(N=C(N)NC=O)c2cccc(OCCCOC(C)C)c2n1. The minimum atomic E-state index is 0.00962. The predicted octanol–water partition coefficient (Wildman–Crippen LogP) is 4.10. The maximum atomic E-state index is 10.8. The number of nitrogens with one attached hydrogen (secondary N) is 1. The second kappa shape index (κ2) is 10.5. The van der Waals surface area contributed by atoms with Crippen molar-refractivity contribution in [2.24, 2.45) is 10.7 Å². The Kier molecular flexibility index (Phi) is 7.56. The minimum absolute atomic E-state index is 0.00962. The number of aromatic nitrogens is 1. The number of hydrogen-bond donors (Lipinski definition) is 2. The monoisotopic (exact) mass is 420 g/mol. The molecule has 0 saturated heterocycles. The molecule has 3 rings (SSSR count). The lowest BCUT2D eigenvalue weighted by Crippen LogP contribution is -2.29. The second-order valence-electron chi connectivity index (χ2n) is 7.37. The highest BCUT2D eigenvalue weighted by molar-refractivity contribution is 5.99. The van der Waals surface area contributed by atoms with Crippen LogP contribution in [0, 0.1) is 6.92 Å². The number of ether oxygens (including phenoxy) is 2. The number of para-hydroxylation sites is 1. The third kappa shape index (κ3) is 5.79. The lowest BCUT2D eigenvalue weighted by molar-refractivity contribution is -0.108. The predicted molar refractivity (Wildman–Crippen MR) is 124 cm³/mol. The first-order chi connectivity index (χ1) is 15.0. The summed E-state index contributed by atoms with van der Waals surface area (Å²) in [4.78, 5) is 20.0. The number of guanidine groups is 1. The zero-order valence-corrected chi connectivity index (χ0v) is 18.1. The molecule has 2 aromatic carbocycles. The molecule has 1 amide bonds. The van der Waals surface area contributed by atoms with E-state index in [1.807, 2.05) is 69.3 Å². The summed E-state index contributed by atoms with van der Waals surface area (Å²) in [7, 11) is 0. The first kappa shape index (κ1) is 22.2. The maximum Gasteiger partial charge on any atom is 0.213 e. The van der Waals surface area contributed by atoms with Crippen molar-refractivity contribution in [1.82, 2.24) is 10.3 Å². The number of nitrogens with zero attached hydrogens (tertiary/aromatic N) is 2. The number of hydrogen-bond acceptors (Lipinski definition) is 5. The van der Waals surface area contributed by atoms with Gasteiger partial charge in [0.05, 0.1) is 30.7 Å². The summed E-state index contributed by atoms with van der Waals surface area (Å²) in [6, 6.07) is 15.5. The molecule has 31 heavy (non-hydrogen) atoms. The van der Waals surface area contributed by atoms with Gasteiger partial charge < -0.3 is 15.2 Å². The van der Waals surface area contributed by atoms with Crippen LogP contribution in [-0.2, 0) is 9.53 Å². The number of rotatable bonds is 9. The lowest BCUT2D eigenvalue weighted by atomic mass is 10.0. The first-order valence-corrected chi connectivity index (χ1v) is 10.3. The molecule has 0 radical (unpaired) electrons. The fraction of sp³-hybridized carbons (Fsp3) is 0.292. The van der Waals surface area contributed by atoms with Gasteiger partial charge in [0, 0.05) is 17.4 Å². The molecular formula is C24H28N4O3. The summed E-state index contributed by atoms with van der Waals surface area (Å²) in [5.41, 5.74) is 9.96. The Hall–Kier alpha value is -3.45. The van der Waals surface area contributed by atoms with Gasteiger partial charge in [0.1, 0.15) is 11.3 Å². The number of benzene rings is 2. The van der Waals surface area contributed by atoms with E-state index < -0.39 is 0 Å². The smallest absolute Gasteiger partial charge is 0.213 e. The molecular weight excluding hydrogens is 392 g/mol. The van der Waals surface area contributed by atoms with Crippen LogP contribution >= 0.6 is 0 Å². The standard InChI is InChI=1S/C24H28N4O3/c1-16(2)30-12-7-13-31-22-11-6-10-19-21(28-24(25)26-15-29)14-20(27-23(19)22)18-9-5-4-8-17(18)3/h4-6,8-11,14-16H,7,12-13H2,1-3H3,(H3,25,26,27,28,29). The highest BCUT2D eigenvalue weighted by Crippen LogP contribution is 2.35. The number of pyridine rings is 1. The van der Waals surface area contributed by atoms with Gasteiger partial charge in [-0.2, -0.15) is 0 Å². The Balaban J connectivity index is 2.04. The van der Waals surface area contributed by atoms with Crippen molar-refractivity contribution in [2.75, 3.05) is 13.2 Å². The summed E-state index contributed by atoms with van der Waals surface area (Å²) in [6.07, 6.45) is 1.47. The van der Waals surface area contributed by atoms with E-state index in [9.17, 15) is 4.79 Å². The average molecular weight is 421 g/mol. The van der Waals surface area contributed by atoms with Gasteiger partial charge in [-0.1, -0.05) is 36.4 Å². The molecule has 162 valence electrons. The number of amides is 1. The normalized spacial score (nSPS) is 11.7. The van der Waals surface area contributed by atoms with E-state index in [0.717, 1.165) is 28.6 Å². The van der Waals surface area contributed by atoms with E-state index >= 15 is 0 Å². The highest BCUT2D eigenvalue weighted by Gasteiger charge is 2.13. The van der Waals surface area contributed by atoms with Crippen molar-refractivity contribution < 1.29 is 14.3 Å². The molecule has 0 atom stereocenters. The molecule has 0 aliphatic rings. The van der Waals surface area contributed by atoms with E-state index in [1.165, 1.54) is 0 Å². The largest absolute Gasteiger partial charge is 0.491 e. The average Bonchev–Trinajstić information content (AvgIpc) is 2.74. The number of nitrogens with two attached hydrogens (primary N) is 1. The van der Waals surface area contributed by atoms with Crippen LogP contribution in [0.5, 0.6) is 5.75 Å². The van der Waals surface area contributed by atoms with Crippen LogP contribution < -0.4 is 15.8 Å². The third-order valence-corrected chi connectivity index (χ3v) is 4.65. The first-order valence-electron chi connectivity index (χ1n) is 10.3. The van der Waals surface area contributed by atoms with Crippen LogP contribution in [0.25, 0.3) is 22.2 Å². The van der Waals surface area contributed by atoms with Gasteiger partial charge >= 0.3 is 0 Å². The summed E-state index contributed by atoms with van der Waals surface area (Å²) in [5.74, 6) is 0.672. The van der Waals surface area contributed by atoms with Crippen molar-refractivity contribution >= 4 is 29.0 Å². The minimum Gasteiger partial charge on any atom is -0.491 e. The Bertz CT molecular complexity index is 1080. The Labute approximate surface area is 182 Å². The van der Waals surface area contributed by atoms with Crippen LogP contribution in [0.3, 0.4) is 0 Å². The van der Waals surface area contributed by atoms with Crippen LogP contribution in [0.15, 0.2) is 53.5 Å². The maximum absolute atomic E-state index is 10.8. The second-order valence-corrected chi connectivity index (χ2v) is 7.37. The van der Waals surface area contributed by atoms with Crippen LogP contribution in [0.1, 0.15) is 25.8 Å². The quantitative estimate of drug-likeness (QED) is 0.235. The van der Waals surface area contributed by atoms with Crippen molar-refractivity contribution in [1.29, 1.82) is 0 Å². The van der Waals surface area contributed by atoms with Crippen molar-refractivity contribution in [3.63, 3.8) is 0 Å². The summed E-state index contributed by atoms with van der Waals surface area (Å²) in [6.45, 7) is 7.19. The molecule has 0 unspecified atom stereocenters. The van der Waals surface area contributed by atoms with Gasteiger partial charge in [0.2, 0.25) is 6.41 Å². The number of fused-ring (bicyclic) bond motifs is 1. The molecule has 3 N–H and O–H groups in total. The molecule has 1 aromatic heterocycles.